The minimum Gasteiger partial charge on any atom is -0.378 e. The normalized spacial score (nSPS) is 16.6. The SMILES string of the molecule is NC(=NCCc1cnc2c(Cl)cnn2c1)N1CCOCC1. The molecule has 8 heteroatoms. The molecule has 0 spiro atoms. The van der Waals surface area contributed by atoms with E-state index in [9.17, 15) is 0 Å². The van der Waals surface area contributed by atoms with Crippen LogP contribution in [-0.2, 0) is 11.2 Å². The van der Waals surface area contributed by atoms with E-state index in [1.54, 1.807) is 16.9 Å². The highest BCUT2D eigenvalue weighted by Crippen LogP contribution is 2.14. The molecule has 21 heavy (non-hydrogen) atoms. The van der Waals surface area contributed by atoms with Gasteiger partial charge in [0.1, 0.15) is 5.02 Å². The molecule has 112 valence electrons. The number of ether oxygens (including phenoxy) is 1. The van der Waals surface area contributed by atoms with Crippen molar-refractivity contribution in [1.29, 1.82) is 0 Å². The molecule has 1 aliphatic heterocycles. The van der Waals surface area contributed by atoms with Gasteiger partial charge in [-0.05, 0) is 12.0 Å². The van der Waals surface area contributed by atoms with E-state index in [0.717, 1.165) is 25.1 Å². The Morgan fingerprint density at radius 2 is 2.19 bits per heavy atom. The van der Waals surface area contributed by atoms with Gasteiger partial charge >= 0.3 is 0 Å². The van der Waals surface area contributed by atoms with Crippen LogP contribution >= 0.6 is 11.6 Å². The van der Waals surface area contributed by atoms with Crippen molar-refractivity contribution in [3.63, 3.8) is 0 Å². The van der Waals surface area contributed by atoms with Crippen LogP contribution in [0.2, 0.25) is 5.02 Å². The lowest BCUT2D eigenvalue weighted by molar-refractivity contribution is 0.0674. The minimum absolute atomic E-state index is 0.552. The zero-order valence-electron chi connectivity index (χ0n) is 11.6. The average Bonchev–Trinajstić information content (AvgIpc) is 2.89. The highest BCUT2D eigenvalue weighted by Gasteiger charge is 2.11. The molecule has 0 amide bonds. The third kappa shape index (κ3) is 3.25. The lowest BCUT2D eigenvalue weighted by atomic mass is 10.2. The predicted molar refractivity (Wildman–Crippen MR) is 80.6 cm³/mol. The van der Waals surface area contributed by atoms with Crippen LogP contribution < -0.4 is 5.73 Å². The van der Waals surface area contributed by atoms with Crippen molar-refractivity contribution in [3.05, 3.63) is 29.2 Å². The third-order valence-corrected chi connectivity index (χ3v) is 3.64. The first-order chi connectivity index (χ1) is 10.2. The summed E-state index contributed by atoms with van der Waals surface area (Å²) in [6.45, 7) is 3.63. The number of guanidine groups is 1. The smallest absolute Gasteiger partial charge is 0.191 e. The van der Waals surface area contributed by atoms with E-state index in [4.69, 9.17) is 22.1 Å². The lowest BCUT2D eigenvalue weighted by Gasteiger charge is -2.27. The first-order valence-corrected chi connectivity index (χ1v) is 7.22. The lowest BCUT2D eigenvalue weighted by Crippen LogP contribution is -2.44. The van der Waals surface area contributed by atoms with Crippen molar-refractivity contribution < 1.29 is 4.74 Å². The number of nitrogens with two attached hydrogens (primary N) is 1. The highest BCUT2D eigenvalue weighted by molar-refractivity contribution is 6.33. The molecule has 2 N–H and O–H groups in total. The number of aromatic nitrogens is 3. The van der Waals surface area contributed by atoms with Crippen molar-refractivity contribution in [3.8, 4) is 0 Å². The van der Waals surface area contributed by atoms with Gasteiger partial charge in [-0.1, -0.05) is 11.6 Å². The van der Waals surface area contributed by atoms with Crippen LogP contribution in [-0.4, -0.2) is 58.3 Å². The number of rotatable bonds is 3. The molecular formula is C13H17ClN6O. The fraction of sp³-hybridized carbons (Fsp3) is 0.462. The summed E-state index contributed by atoms with van der Waals surface area (Å²) >= 11 is 5.96. The number of morpholine rings is 1. The Morgan fingerprint density at radius 3 is 3.00 bits per heavy atom. The van der Waals surface area contributed by atoms with Gasteiger partial charge in [0.15, 0.2) is 11.6 Å². The minimum atomic E-state index is 0.552. The zero-order valence-corrected chi connectivity index (χ0v) is 12.3. The standard InChI is InChI=1S/C13H17ClN6O/c14-11-8-18-20-9-10(7-17-12(11)20)1-2-16-13(15)19-3-5-21-6-4-19/h7-9H,1-6H2,(H2,15,16). The van der Waals surface area contributed by atoms with Crippen LogP contribution in [0.25, 0.3) is 5.65 Å². The van der Waals surface area contributed by atoms with Crippen molar-refractivity contribution >= 4 is 23.2 Å². The van der Waals surface area contributed by atoms with E-state index >= 15 is 0 Å². The summed E-state index contributed by atoms with van der Waals surface area (Å²) in [5.41, 5.74) is 7.68. The maximum atomic E-state index is 5.98. The summed E-state index contributed by atoms with van der Waals surface area (Å²) in [6, 6.07) is 0. The molecule has 0 aromatic carbocycles. The maximum Gasteiger partial charge on any atom is 0.191 e. The Labute approximate surface area is 127 Å². The largest absolute Gasteiger partial charge is 0.378 e. The van der Waals surface area contributed by atoms with Gasteiger partial charge < -0.3 is 15.4 Å². The maximum absolute atomic E-state index is 5.98. The molecule has 1 saturated heterocycles. The van der Waals surface area contributed by atoms with Gasteiger partial charge in [-0.2, -0.15) is 5.10 Å². The van der Waals surface area contributed by atoms with E-state index in [2.05, 4.69) is 15.1 Å². The number of aliphatic imine (C=N–C) groups is 1. The van der Waals surface area contributed by atoms with Gasteiger partial charge in [-0.15, -0.1) is 0 Å². The number of fused-ring (bicyclic) bond motifs is 1. The van der Waals surface area contributed by atoms with Crippen LogP contribution in [0.1, 0.15) is 5.56 Å². The third-order valence-electron chi connectivity index (χ3n) is 3.38. The fourth-order valence-corrected chi connectivity index (χ4v) is 2.38. The highest BCUT2D eigenvalue weighted by atomic mass is 35.5. The Balaban J connectivity index is 1.60. The number of nitrogens with zero attached hydrogens (tertiary/aromatic N) is 5. The molecule has 0 atom stereocenters. The van der Waals surface area contributed by atoms with Crippen molar-refractivity contribution in [2.45, 2.75) is 6.42 Å². The molecule has 0 aliphatic carbocycles. The Bertz CT molecular complexity index is 649. The van der Waals surface area contributed by atoms with Gasteiger partial charge in [0.2, 0.25) is 0 Å². The second-order valence-electron chi connectivity index (χ2n) is 4.81. The topological polar surface area (TPSA) is 81.0 Å². The Hall–Kier alpha value is -1.86. The quantitative estimate of drug-likeness (QED) is 0.662. The molecule has 2 aromatic rings. The molecule has 0 bridgehead atoms. The van der Waals surface area contributed by atoms with Gasteiger partial charge in [-0.25, -0.2) is 9.50 Å². The molecule has 3 rings (SSSR count). The fourth-order valence-electron chi connectivity index (χ4n) is 2.21. The number of halogens is 1. The first-order valence-electron chi connectivity index (χ1n) is 6.84. The summed E-state index contributed by atoms with van der Waals surface area (Å²) in [6.07, 6.45) is 6.05. The molecule has 7 nitrogen and oxygen atoms in total. The predicted octanol–water partition coefficient (Wildman–Crippen LogP) is 0.572. The summed E-state index contributed by atoms with van der Waals surface area (Å²) in [5.74, 6) is 0.578. The first kappa shape index (κ1) is 14.1. The van der Waals surface area contributed by atoms with Crippen LogP contribution in [0.4, 0.5) is 0 Å². The monoisotopic (exact) mass is 308 g/mol. The van der Waals surface area contributed by atoms with Crippen LogP contribution in [0, 0.1) is 0 Å². The van der Waals surface area contributed by atoms with Gasteiger partial charge in [0, 0.05) is 32.0 Å². The molecular weight excluding hydrogens is 292 g/mol. The molecule has 0 radical (unpaired) electrons. The van der Waals surface area contributed by atoms with E-state index in [1.165, 1.54) is 0 Å². The van der Waals surface area contributed by atoms with Gasteiger partial charge in [-0.3, -0.25) is 4.99 Å². The van der Waals surface area contributed by atoms with E-state index in [0.29, 0.717) is 36.4 Å². The van der Waals surface area contributed by atoms with Crippen LogP contribution in [0.3, 0.4) is 0 Å². The molecule has 2 aromatic heterocycles. The van der Waals surface area contributed by atoms with Crippen molar-refractivity contribution in [2.24, 2.45) is 10.7 Å². The number of hydrogen-bond donors (Lipinski definition) is 1. The van der Waals surface area contributed by atoms with Crippen molar-refractivity contribution in [1.82, 2.24) is 19.5 Å². The Morgan fingerprint density at radius 1 is 1.38 bits per heavy atom. The zero-order chi connectivity index (χ0) is 14.7. The summed E-state index contributed by atoms with van der Waals surface area (Å²) < 4.78 is 6.96. The summed E-state index contributed by atoms with van der Waals surface area (Å²) in [7, 11) is 0. The summed E-state index contributed by atoms with van der Waals surface area (Å²) in [5, 5.41) is 4.69. The van der Waals surface area contributed by atoms with Crippen LogP contribution in [0.5, 0.6) is 0 Å². The average molecular weight is 309 g/mol. The molecule has 1 aliphatic rings. The number of hydrogen-bond acceptors (Lipinski definition) is 4. The van der Waals surface area contributed by atoms with E-state index < -0.39 is 0 Å². The second kappa shape index (κ2) is 6.28. The molecule has 3 heterocycles. The Kier molecular flexibility index (Phi) is 4.21. The van der Waals surface area contributed by atoms with Crippen molar-refractivity contribution in [2.75, 3.05) is 32.8 Å². The molecule has 0 unspecified atom stereocenters. The molecule has 1 fully saturated rings. The summed E-state index contributed by atoms with van der Waals surface area (Å²) in [4.78, 5) is 10.7. The van der Waals surface area contributed by atoms with E-state index in [1.807, 2.05) is 11.1 Å². The molecule has 0 saturated carbocycles. The van der Waals surface area contributed by atoms with E-state index in [-0.39, 0.29) is 0 Å². The van der Waals surface area contributed by atoms with Gasteiger partial charge in [0.25, 0.3) is 0 Å². The second-order valence-corrected chi connectivity index (χ2v) is 5.22. The van der Waals surface area contributed by atoms with Gasteiger partial charge in [0.05, 0.1) is 19.4 Å². The van der Waals surface area contributed by atoms with Crippen LogP contribution in [0.15, 0.2) is 23.6 Å².